The Kier molecular flexibility index (Phi) is 5.22. The van der Waals surface area contributed by atoms with Crippen LogP contribution < -0.4 is 5.73 Å². The Morgan fingerprint density at radius 3 is 2.57 bits per heavy atom. The average molecular weight is 390 g/mol. The number of carbonyl (C=O) groups excluding carboxylic acids is 1. The van der Waals surface area contributed by atoms with Crippen LogP contribution >= 0.6 is 0 Å². The number of hydrogen-bond acceptors (Lipinski definition) is 7. The highest BCUT2D eigenvalue weighted by atomic mass is 16.6. The molecule has 1 aliphatic rings. The lowest BCUT2D eigenvalue weighted by atomic mass is 9.88. The molecule has 0 saturated carbocycles. The summed E-state index contributed by atoms with van der Waals surface area (Å²) in [7, 11) is 0. The molecular weight excluding hydrogens is 360 g/mol. The molecule has 154 valence electrons. The number of anilines is 1. The van der Waals surface area contributed by atoms with Crippen molar-refractivity contribution >= 4 is 23.1 Å². The van der Waals surface area contributed by atoms with Crippen LogP contribution in [0.4, 0.5) is 10.6 Å². The lowest BCUT2D eigenvalue weighted by Gasteiger charge is -2.40. The maximum absolute atomic E-state index is 12.7. The zero-order valence-electron chi connectivity index (χ0n) is 17.5. The largest absolute Gasteiger partial charge is 0.444 e. The Bertz CT molecular complexity index is 851. The van der Waals surface area contributed by atoms with E-state index in [1.165, 1.54) is 6.33 Å². The normalized spacial score (nSPS) is 21.1. The van der Waals surface area contributed by atoms with Gasteiger partial charge in [-0.3, -0.25) is 4.57 Å². The lowest BCUT2D eigenvalue weighted by molar-refractivity contribution is -0.127. The van der Waals surface area contributed by atoms with Crippen LogP contribution in [0.15, 0.2) is 12.7 Å². The second kappa shape index (κ2) is 7.20. The molecule has 0 spiro atoms. The highest BCUT2D eigenvalue weighted by molar-refractivity contribution is 5.81. The van der Waals surface area contributed by atoms with Gasteiger partial charge >= 0.3 is 6.09 Å². The van der Waals surface area contributed by atoms with Crippen LogP contribution in [0.5, 0.6) is 0 Å². The number of nitrogen functional groups attached to an aromatic ring is 1. The number of nitrogens with two attached hydrogens (primary N) is 1. The zero-order chi connectivity index (χ0) is 20.7. The molecule has 2 aromatic heterocycles. The van der Waals surface area contributed by atoms with Crippen molar-refractivity contribution in [2.24, 2.45) is 5.41 Å². The predicted molar refractivity (Wildman–Crippen MR) is 106 cm³/mol. The molecule has 3 rings (SSSR count). The molecule has 1 aliphatic heterocycles. The molecule has 9 heteroatoms. The number of morpholine rings is 1. The first-order valence-corrected chi connectivity index (χ1v) is 9.49. The van der Waals surface area contributed by atoms with Gasteiger partial charge in [-0.1, -0.05) is 20.8 Å². The number of aromatic nitrogens is 4. The first kappa shape index (κ1) is 20.3. The second-order valence-corrected chi connectivity index (χ2v) is 9.45. The van der Waals surface area contributed by atoms with Gasteiger partial charge in [0.1, 0.15) is 17.4 Å². The summed E-state index contributed by atoms with van der Waals surface area (Å²) in [6, 6.07) is 0. The molecule has 0 unspecified atom stereocenters. The van der Waals surface area contributed by atoms with E-state index in [2.05, 4.69) is 35.7 Å². The SMILES string of the molecule is CC(C)(C)C[C@@H]1CN(C(=O)OC(C)(C)C)C[C@H](n2cnc3c(N)ncnc32)O1. The minimum atomic E-state index is -0.562. The fourth-order valence-corrected chi connectivity index (χ4v) is 3.32. The minimum Gasteiger partial charge on any atom is -0.444 e. The number of ether oxygens (including phenoxy) is 2. The van der Waals surface area contributed by atoms with Crippen LogP contribution in [0.3, 0.4) is 0 Å². The quantitative estimate of drug-likeness (QED) is 0.839. The Balaban J connectivity index is 1.90. The maximum Gasteiger partial charge on any atom is 0.410 e. The standard InChI is InChI=1S/C19H30N6O3/c1-18(2,3)7-12-8-24(17(26)28-19(4,5)6)9-13(27-12)25-11-23-14-15(20)21-10-22-16(14)25/h10-13H,7-9H2,1-6H3,(H2,20,21,22)/t12-,13-/m1/s1. The molecule has 0 bridgehead atoms. The lowest BCUT2D eigenvalue weighted by Crippen LogP contribution is -2.50. The number of rotatable bonds is 2. The molecule has 2 N–H and O–H groups in total. The average Bonchev–Trinajstić information content (AvgIpc) is 2.96. The second-order valence-electron chi connectivity index (χ2n) is 9.45. The van der Waals surface area contributed by atoms with Crippen LogP contribution in [-0.2, 0) is 9.47 Å². The van der Waals surface area contributed by atoms with E-state index in [4.69, 9.17) is 15.2 Å². The van der Waals surface area contributed by atoms with Crippen molar-refractivity contribution < 1.29 is 14.3 Å². The third-order valence-electron chi connectivity index (χ3n) is 4.34. The summed E-state index contributed by atoms with van der Waals surface area (Å²) >= 11 is 0. The monoisotopic (exact) mass is 390 g/mol. The van der Waals surface area contributed by atoms with Gasteiger partial charge in [0.15, 0.2) is 17.7 Å². The third-order valence-corrected chi connectivity index (χ3v) is 4.34. The van der Waals surface area contributed by atoms with Gasteiger partial charge in [-0.05, 0) is 32.6 Å². The molecular formula is C19H30N6O3. The molecule has 1 fully saturated rings. The molecule has 2 aromatic rings. The number of hydrogen-bond donors (Lipinski definition) is 1. The summed E-state index contributed by atoms with van der Waals surface area (Å²) in [5.74, 6) is 0.315. The number of carbonyl (C=O) groups is 1. The number of imidazole rings is 1. The van der Waals surface area contributed by atoms with E-state index in [0.717, 1.165) is 6.42 Å². The molecule has 1 saturated heterocycles. The van der Waals surface area contributed by atoms with Gasteiger partial charge < -0.3 is 20.1 Å². The van der Waals surface area contributed by atoms with Gasteiger partial charge in [-0.15, -0.1) is 0 Å². The topological polar surface area (TPSA) is 108 Å². The summed E-state index contributed by atoms with van der Waals surface area (Å²) in [6.07, 6.45) is 2.91. The molecule has 1 amide bonds. The molecule has 0 aromatic carbocycles. The molecule has 0 radical (unpaired) electrons. The Morgan fingerprint density at radius 1 is 1.21 bits per heavy atom. The summed E-state index contributed by atoms with van der Waals surface area (Å²) < 4.78 is 13.7. The summed E-state index contributed by atoms with van der Waals surface area (Å²) in [5, 5.41) is 0. The first-order chi connectivity index (χ1) is 12.9. The van der Waals surface area contributed by atoms with Gasteiger partial charge in [0.2, 0.25) is 0 Å². The predicted octanol–water partition coefficient (Wildman–Crippen LogP) is 2.98. The molecule has 0 aliphatic carbocycles. The van der Waals surface area contributed by atoms with E-state index < -0.39 is 11.8 Å². The van der Waals surface area contributed by atoms with Crippen LogP contribution in [0.2, 0.25) is 0 Å². The van der Waals surface area contributed by atoms with Crippen molar-refractivity contribution in [1.82, 2.24) is 24.4 Å². The number of nitrogens with zero attached hydrogens (tertiary/aromatic N) is 5. The van der Waals surface area contributed by atoms with Crippen LogP contribution in [-0.4, -0.2) is 55.3 Å². The fraction of sp³-hybridized carbons (Fsp3) is 0.684. The minimum absolute atomic E-state index is 0.0514. The number of fused-ring (bicyclic) bond motifs is 1. The van der Waals surface area contributed by atoms with E-state index in [1.807, 2.05) is 20.8 Å². The van der Waals surface area contributed by atoms with E-state index >= 15 is 0 Å². The van der Waals surface area contributed by atoms with Gasteiger partial charge in [0.05, 0.1) is 25.5 Å². The smallest absolute Gasteiger partial charge is 0.410 e. The van der Waals surface area contributed by atoms with E-state index in [1.54, 1.807) is 15.8 Å². The van der Waals surface area contributed by atoms with Crippen molar-refractivity contribution in [3.63, 3.8) is 0 Å². The summed E-state index contributed by atoms with van der Waals surface area (Å²) in [5.41, 5.74) is 6.49. The number of amides is 1. The van der Waals surface area contributed by atoms with Crippen LogP contribution in [0.1, 0.15) is 54.2 Å². The van der Waals surface area contributed by atoms with E-state index in [0.29, 0.717) is 30.1 Å². The van der Waals surface area contributed by atoms with Crippen molar-refractivity contribution in [1.29, 1.82) is 0 Å². The van der Waals surface area contributed by atoms with Crippen molar-refractivity contribution in [3.8, 4) is 0 Å². The van der Waals surface area contributed by atoms with Crippen LogP contribution in [0, 0.1) is 5.41 Å². The third kappa shape index (κ3) is 4.70. The Labute approximate surface area is 165 Å². The van der Waals surface area contributed by atoms with Gasteiger partial charge in [0.25, 0.3) is 0 Å². The molecule has 28 heavy (non-hydrogen) atoms. The van der Waals surface area contributed by atoms with Gasteiger partial charge in [-0.25, -0.2) is 19.7 Å². The Morgan fingerprint density at radius 2 is 1.93 bits per heavy atom. The van der Waals surface area contributed by atoms with Crippen molar-refractivity contribution in [2.75, 3.05) is 18.8 Å². The van der Waals surface area contributed by atoms with Crippen molar-refractivity contribution in [3.05, 3.63) is 12.7 Å². The zero-order valence-corrected chi connectivity index (χ0v) is 17.5. The maximum atomic E-state index is 12.7. The molecule has 9 nitrogen and oxygen atoms in total. The molecule has 2 atom stereocenters. The van der Waals surface area contributed by atoms with Crippen LogP contribution in [0.25, 0.3) is 11.2 Å². The Hall–Kier alpha value is -2.42. The highest BCUT2D eigenvalue weighted by Gasteiger charge is 2.36. The first-order valence-electron chi connectivity index (χ1n) is 9.49. The summed E-state index contributed by atoms with van der Waals surface area (Å²) in [4.78, 5) is 27.0. The van der Waals surface area contributed by atoms with Gasteiger partial charge in [0, 0.05) is 0 Å². The fourth-order valence-electron chi connectivity index (χ4n) is 3.32. The van der Waals surface area contributed by atoms with E-state index in [9.17, 15) is 4.79 Å². The molecule has 3 heterocycles. The highest BCUT2D eigenvalue weighted by Crippen LogP contribution is 2.31. The van der Waals surface area contributed by atoms with Gasteiger partial charge in [-0.2, -0.15) is 0 Å². The summed E-state index contributed by atoms with van der Waals surface area (Å²) in [6.45, 7) is 12.8. The van der Waals surface area contributed by atoms with E-state index in [-0.39, 0.29) is 17.6 Å². The van der Waals surface area contributed by atoms with Crippen molar-refractivity contribution in [2.45, 2.75) is 65.9 Å².